The standard InChI is InChI=1S/C29H25N3O3/c33-22-13-10-19(11-14-22)16-17-30-29-31-27(21-7-2-1-3-8-21)25(28(35)32-29)18-24-23-9-5-4-6-20(23)12-15-26(24)34/h1-15,33-34H,16-18H2,(H2,30,31,32,35). The van der Waals surface area contributed by atoms with Gasteiger partial charge < -0.3 is 15.5 Å². The number of anilines is 1. The molecule has 0 saturated heterocycles. The number of phenols is 2. The van der Waals surface area contributed by atoms with Gasteiger partial charge in [0.05, 0.1) is 5.69 Å². The molecule has 0 aliphatic heterocycles. The van der Waals surface area contributed by atoms with E-state index in [4.69, 9.17) is 4.98 Å². The minimum Gasteiger partial charge on any atom is -0.508 e. The first-order valence-electron chi connectivity index (χ1n) is 11.5. The van der Waals surface area contributed by atoms with Crippen LogP contribution in [0.5, 0.6) is 11.5 Å². The number of rotatable bonds is 7. The SMILES string of the molecule is O=c1[nH]c(NCCc2ccc(O)cc2)nc(-c2ccccc2)c1Cc1c(O)ccc2ccccc12. The van der Waals surface area contributed by atoms with Crippen molar-refractivity contribution in [2.75, 3.05) is 11.9 Å². The maximum atomic E-state index is 13.3. The quantitative estimate of drug-likeness (QED) is 0.264. The number of H-pyrrole nitrogens is 1. The number of fused-ring (bicyclic) bond motifs is 1. The van der Waals surface area contributed by atoms with E-state index in [-0.39, 0.29) is 23.5 Å². The summed E-state index contributed by atoms with van der Waals surface area (Å²) in [7, 11) is 0. The molecule has 0 radical (unpaired) electrons. The van der Waals surface area contributed by atoms with Crippen LogP contribution in [0.15, 0.2) is 95.8 Å². The summed E-state index contributed by atoms with van der Waals surface area (Å²) >= 11 is 0. The van der Waals surface area contributed by atoms with Gasteiger partial charge in [-0.3, -0.25) is 9.78 Å². The molecule has 0 aliphatic carbocycles. The molecule has 0 saturated carbocycles. The Morgan fingerprint density at radius 3 is 2.34 bits per heavy atom. The highest BCUT2D eigenvalue weighted by atomic mass is 16.3. The minimum absolute atomic E-state index is 0.151. The Hall–Kier alpha value is -4.58. The number of hydrogen-bond acceptors (Lipinski definition) is 5. The Bertz CT molecular complexity index is 1530. The molecule has 0 unspecified atom stereocenters. The molecule has 6 nitrogen and oxygen atoms in total. The maximum Gasteiger partial charge on any atom is 0.256 e. The van der Waals surface area contributed by atoms with Gasteiger partial charge in [0.15, 0.2) is 0 Å². The lowest BCUT2D eigenvalue weighted by atomic mass is 9.95. The molecule has 1 heterocycles. The number of phenolic OH excluding ortho intramolecular Hbond substituents is 2. The topological polar surface area (TPSA) is 98.2 Å². The first kappa shape index (κ1) is 22.2. The van der Waals surface area contributed by atoms with Crippen molar-refractivity contribution in [1.82, 2.24) is 9.97 Å². The molecule has 0 aliphatic rings. The van der Waals surface area contributed by atoms with Crippen LogP contribution in [0.25, 0.3) is 22.0 Å². The first-order chi connectivity index (χ1) is 17.1. The van der Waals surface area contributed by atoms with Gasteiger partial charge in [0, 0.05) is 29.7 Å². The van der Waals surface area contributed by atoms with Gasteiger partial charge >= 0.3 is 0 Å². The summed E-state index contributed by atoms with van der Waals surface area (Å²) in [5.74, 6) is 0.768. The number of aromatic nitrogens is 2. The van der Waals surface area contributed by atoms with E-state index in [1.807, 2.05) is 72.8 Å². The predicted octanol–water partition coefficient (Wildman–Crippen LogP) is 5.25. The summed E-state index contributed by atoms with van der Waals surface area (Å²) in [5, 5.41) is 25.2. The average molecular weight is 464 g/mol. The molecular weight excluding hydrogens is 438 g/mol. The zero-order chi connectivity index (χ0) is 24.2. The highest BCUT2D eigenvalue weighted by molar-refractivity contribution is 5.88. The zero-order valence-corrected chi connectivity index (χ0v) is 19.0. The molecule has 0 amide bonds. The second-order valence-electron chi connectivity index (χ2n) is 8.41. The van der Waals surface area contributed by atoms with Gasteiger partial charge in [0.25, 0.3) is 5.56 Å². The molecule has 0 fully saturated rings. The van der Waals surface area contributed by atoms with Crippen molar-refractivity contribution in [3.63, 3.8) is 0 Å². The lowest BCUT2D eigenvalue weighted by Crippen LogP contribution is -2.20. The third-order valence-electron chi connectivity index (χ3n) is 6.07. The predicted molar refractivity (Wildman–Crippen MR) is 139 cm³/mol. The van der Waals surface area contributed by atoms with Gasteiger partial charge in [0.2, 0.25) is 5.95 Å². The summed E-state index contributed by atoms with van der Waals surface area (Å²) in [6, 6.07) is 28.0. The fraction of sp³-hybridized carbons (Fsp3) is 0.103. The lowest BCUT2D eigenvalue weighted by molar-refractivity contribution is 0.470. The molecule has 35 heavy (non-hydrogen) atoms. The van der Waals surface area contributed by atoms with E-state index in [9.17, 15) is 15.0 Å². The molecule has 5 rings (SSSR count). The van der Waals surface area contributed by atoms with Gasteiger partial charge in [-0.2, -0.15) is 0 Å². The average Bonchev–Trinajstić information content (AvgIpc) is 2.88. The molecule has 4 N–H and O–H groups in total. The monoisotopic (exact) mass is 463 g/mol. The smallest absolute Gasteiger partial charge is 0.256 e. The third-order valence-corrected chi connectivity index (χ3v) is 6.07. The Labute approximate surface area is 202 Å². The van der Waals surface area contributed by atoms with Crippen molar-refractivity contribution in [1.29, 1.82) is 0 Å². The van der Waals surface area contributed by atoms with Crippen molar-refractivity contribution >= 4 is 16.7 Å². The van der Waals surface area contributed by atoms with E-state index in [1.165, 1.54) is 0 Å². The van der Waals surface area contributed by atoms with E-state index >= 15 is 0 Å². The van der Waals surface area contributed by atoms with E-state index in [0.717, 1.165) is 21.9 Å². The summed E-state index contributed by atoms with van der Waals surface area (Å²) in [5.41, 5.74) is 3.40. The highest BCUT2D eigenvalue weighted by Gasteiger charge is 2.17. The van der Waals surface area contributed by atoms with Crippen LogP contribution in [-0.2, 0) is 12.8 Å². The van der Waals surface area contributed by atoms with E-state index in [2.05, 4.69) is 10.3 Å². The number of aromatic hydroxyl groups is 2. The summed E-state index contributed by atoms with van der Waals surface area (Å²) < 4.78 is 0. The Morgan fingerprint density at radius 1 is 0.800 bits per heavy atom. The highest BCUT2D eigenvalue weighted by Crippen LogP contribution is 2.31. The molecule has 174 valence electrons. The summed E-state index contributed by atoms with van der Waals surface area (Å²) in [6.45, 7) is 0.561. The molecule has 6 heteroatoms. The van der Waals surface area contributed by atoms with E-state index in [1.54, 1.807) is 18.2 Å². The van der Waals surface area contributed by atoms with Crippen molar-refractivity contribution in [3.05, 3.63) is 118 Å². The molecule has 5 aromatic rings. The van der Waals surface area contributed by atoms with Crippen LogP contribution in [0.3, 0.4) is 0 Å². The number of hydrogen-bond donors (Lipinski definition) is 4. The van der Waals surface area contributed by atoms with Crippen LogP contribution in [-0.4, -0.2) is 26.7 Å². The fourth-order valence-corrected chi connectivity index (χ4v) is 4.26. The normalized spacial score (nSPS) is 11.0. The van der Waals surface area contributed by atoms with Gasteiger partial charge in [0.1, 0.15) is 11.5 Å². The lowest BCUT2D eigenvalue weighted by Gasteiger charge is -2.14. The molecule has 0 spiro atoms. The summed E-state index contributed by atoms with van der Waals surface area (Å²) in [6.07, 6.45) is 0.948. The van der Waals surface area contributed by atoms with Crippen LogP contribution < -0.4 is 10.9 Å². The van der Waals surface area contributed by atoms with Crippen molar-refractivity contribution in [3.8, 4) is 22.8 Å². The van der Waals surface area contributed by atoms with Crippen LogP contribution in [0.4, 0.5) is 5.95 Å². The summed E-state index contributed by atoms with van der Waals surface area (Å²) in [4.78, 5) is 20.9. The third kappa shape index (κ3) is 4.87. The van der Waals surface area contributed by atoms with Crippen LogP contribution in [0.2, 0.25) is 0 Å². The first-order valence-corrected chi connectivity index (χ1v) is 11.5. The second-order valence-corrected chi connectivity index (χ2v) is 8.41. The minimum atomic E-state index is -0.252. The van der Waals surface area contributed by atoms with E-state index < -0.39 is 0 Å². The van der Waals surface area contributed by atoms with Gasteiger partial charge in [-0.1, -0.05) is 72.8 Å². The fourth-order valence-electron chi connectivity index (χ4n) is 4.26. The Kier molecular flexibility index (Phi) is 6.18. The second kappa shape index (κ2) is 9.73. The molecule has 0 atom stereocenters. The van der Waals surface area contributed by atoms with Gasteiger partial charge in [-0.25, -0.2) is 4.98 Å². The number of nitrogens with one attached hydrogen (secondary N) is 2. The Balaban J connectivity index is 1.50. The van der Waals surface area contributed by atoms with Crippen LogP contribution in [0.1, 0.15) is 16.7 Å². The van der Waals surface area contributed by atoms with Gasteiger partial charge in [-0.05, 0) is 41.0 Å². The van der Waals surface area contributed by atoms with Gasteiger partial charge in [-0.15, -0.1) is 0 Å². The van der Waals surface area contributed by atoms with Crippen molar-refractivity contribution in [2.24, 2.45) is 0 Å². The number of nitrogens with zero attached hydrogens (tertiary/aromatic N) is 1. The van der Waals surface area contributed by atoms with E-state index in [0.29, 0.717) is 35.7 Å². The Morgan fingerprint density at radius 2 is 1.54 bits per heavy atom. The maximum absolute atomic E-state index is 13.3. The van der Waals surface area contributed by atoms with Crippen molar-refractivity contribution in [2.45, 2.75) is 12.8 Å². The molecule has 4 aromatic carbocycles. The van der Waals surface area contributed by atoms with Crippen LogP contribution in [0, 0.1) is 0 Å². The number of aromatic amines is 1. The largest absolute Gasteiger partial charge is 0.508 e. The zero-order valence-electron chi connectivity index (χ0n) is 19.0. The molecule has 1 aromatic heterocycles. The molecular formula is C29H25N3O3. The van der Waals surface area contributed by atoms with Crippen LogP contribution >= 0.6 is 0 Å². The molecule has 0 bridgehead atoms. The van der Waals surface area contributed by atoms with Crippen molar-refractivity contribution < 1.29 is 10.2 Å². The number of benzene rings is 4.